The second-order valence-corrected chi connectivity index (χ2v) is 7.77. The van der Waals surface area contributed by atoms with Crippen molar-refractivity contribution < 1.29 is 9.53 Å². The van der Waals surface area contributed by atoms with Gasteiger partial charge in [0.05, 0.1) is 6.10 Å². The van der Waals surface area contributed by atoms with Crippen molar-refractivity contribution in [3.8, 4) is 0 Å². The normalized spacial score (nSPS) is 26.4. The van der Waals surface area contributed by atoms with E-state index in [1.165, 1.54) is 5.56 Å². The molecule has 1 aromatic rings. The van der Waals surface area contributed by atoms with Crippen molar-refractivity contribution in [2.24, 2.45) is 11.1 Å². The lowest BCUT2D eigenvalue weighted by molar-refractivity contribution is -0.170. The largest absolute Gasteiger partial charge is 0.378 e. The number of nitrogens with two attached hydrogens (primary N) is 1. The molecule has 1 aliphatic carbocycles. The summed E-state index contributed by atoms with van der Waals surface area (Å²) in [6.07, 6.45) is 0.621. The van der Waals surface area contributed by atoms with Crippen LogP contribution in [0.5, 0.6) is 0 Å². The smallest absolute Gasteiger partial charge is 0.240 e. The van der Waals surface area contributed by atoms with E-state index in [0.717, 1.165) is 0 Å². The lowest BCUT2D eigenvalue weighted by Crippen LogP contribution is -2.76. The van der Waals surface area contributed by atoms with E-state index in [9.17, 15) is 4.79 Å². The van der Waals surface area contributed by atoms with Crippen LogP contribution in [0.1, 0.15) is 46.6 Å². The minimum atomic E-state index is -0.862. The fourth-order valence-corrected chi connectivity index (χ4v) is 3.27. The van der Waals surface area contributed by atoms with Gasteiger partial charge in [0.2, 0.25) is 5.91 Å². The molecule has 1 fully saturated rings. The molecule has 2 rings (SSSR count). The second kappa shape index (κ2) is 6.25. The summed E-state index contributed by atoms with van der Waals surface area (Å²) in [5.41, 5.74) is 6.26. The van der Waals surface area contributed by atoms with Gasteiger partial charge in [0.15, 0.2) is 0 Å². The lowest BCUT2D eigenvalue weighted by Gasteiger charge is -2.57. The van der Waals surface area contributed by atoms with Gasteiger partial charge in [-0.3, -0.25) is 4.79 Å². The maximum atomic E-state index is 12.7. The van der Waals surface area contributed by atoms with E-state index in [4.69, 9.17) is 10.5 Å². The Morgan fingerprint density at radius 2 is 1.96 bits per heavy atom. The molecule has 2 atom stereocenters. The number of carbonyl (C=O) groups excluding carboxylic acids is 1. The van der Waals surface area contributed by atoms with Crippen LogP contribution in [0, 0.1) is 5.41 Å². The Labute approximate surface area is 139 Å². The number of nitrogens with one attached hydrogen (secondary N) is 1. The Morgan fingerprint density at radius 3 is 2.48 bits per heavy atom. The van der Waals surface area contributed by atoms with Crippen LogP contribution in [0.3, 0.4) is 0 Å². The summed E-state index contributed by atoms with van der Waals surface area (Å²) in [5, 5.41) is 3.06. The molecule has 23 heavy (non-hydrogen) atoms. The molecule has 128 valence electrons. The number of rotatable bonds is 6. The van der Waals surface area contributed by atoms with Gasteiger partial charge in [-0.2, -0.15) is 0 Å². The Hall–Kier alpha value is -1.39. The van der Waals surface area contributed by atoms with Crippen molar-refractivity contribution in [1.29, 1.82) is 0 Å². The highest BCUT2D eigenvalue weighted by Gasteiger charge is 2.62. The lowest BCUT2D eigenvalue weighted by atomic mass is 9.54. The van der Waals surface area contributed by atoms with Gasteiger partial charge in [-0.15, -0.1) is 0 Å². The molecule has 0 aromatic heterocycles. The van der Waals surface area contributed by atoms with Crippen molar-refractivity contribution in [3.63, 3.8) is 0 Å². The van der Waals surface area contributed by atoms with E-state index in [1.807, 2.05) is 39.0 Å². The molecule has 4 heteroatoms. The summed E-state index contributed by atoms with van der Waals surface area (Å²) in [6.45, 7) is 11.4. The molecule has 0 heterocycles. The van der Waals surface area contributed by atoms with Crippen LogP contribution in [-0.2, 0) is 14.9 Å². The monoisotopic (exact) mass is 318 g/mol. The zero-order valence-corrected chi connectivity index (χ0v) is 15.0. The predicted octanol–water partition coefficient (Wildman–Crippen LogP) is 2.61. The van der Waals surface area contributed by atoms with Crippen LogP contribution in [0.15, 0.2) is 30.3 Å². The molecule has 3 N–H and O–H groups in total. The first-order chi connectivity index (χ1) is 10.6. The van der Waals surface area contributed by atoms with Gasteiger partial charge in [0.25, 0.3) is 0 Å². The van der Waals surface area contributed by atoms with Crippen molar-refractivity contribution in [2.45, 2.75) is 58.1 Å². The van der Waals surface area contributed by atoms with Crippen LogP contribution < -0.4 is 11.1 Å². The number of hydrogen-bond donors (Lipinski definition) is 2. The molecule has 1 amide bonds. The highest BCUT2D eigenvalue weighted by Crippen LogP contribution is 2.49. The second-order valence-electron chi connectivity index (χ2n) is 7.77. The first kappa shape index (κ1) is 18.0. The summed E-state index contributed by atoms with van der Waals surface area (Å²) < 4.78 is 5.69. The van der Waals surface area contributed by atoms with Crippen molar-refractivity contribution in [3.05, 3.63) is 35.9 Å². The van der Waals surface area contributed by atoms with Crippen molar-refractivity contribution in [1.82, 2.24) is 5.32 Å². The number of carbonyl (C=O) groups is 1. The summed E-state index contributed by atoms with van der Waals surface area (Å²) in [4.78, 5) is 12.7. The third-order valence-corrected chi connectivity index (χ3v) is 5.48. The quantitative estimate of drug-likeness (QED) is 0.847. The molecule has 2 unspecified atom stereocenters. The average molecular weight is 318 g/mol. The molecule has 1 saturated carbocycles. The van der Waals surface area contributed by atoms with E-state index in [-0.39, 0.29) is 22.8 Å². The molecule has 0 bridgehead atoms. The molecule has 1 aromatic carbocycles. The SMILES string of the molecule is CCOC1CC(N)(C(=O)NCC(C)(C)c2ccccc2)C1(C)C. The first-order valence-corrected chi connectivity index (χ1v) is 8.39. The predicted molar refractivity (Wildman–Crippen MR) is 93.2 cm³/mol. The van der Waals surface area contributed by atoms with Gasteiger partial charge in [0.1, 0.15) is 5.54 Å². The Morgan fingerprint density at radius 1 is 1.35 bits per heavy atom. The van der Waals surface area contributed by atoms with Gasteiger partial charge in [-0.1, -0.05) is 58.0 Å². The third-order valence-electron chi connectivity index (χ3n) is 5.48. The zero-order valence-electron chi connectivity index (χ0n) is 15.0. The van der Waals surface area contributed by atoms with Gasteiger partial charge < -0.3 is 15.8 Å². The fourth-order valence-electron chi connectivity index (χ4n) is 3.27. The van der Waals surface area contributed by atoms with Gasteiger partial charge in [-0.25, -0.2) is 0 Å². The molecular formula is C19H30N2O2. The summed E-state index contributed by atoms with van der Waals surface area (Å²) in [5.74, 6) is -0.0811. The van der Waals surface area contributed by atoms with Crippen LogP contribution in [0.25, 0.3) is 0 Å². The number of hydrogen-bond acceptors (Lipinski definition) is 3. The van der Waals surface area contributed by atoms with Gasteiger partial charge in [0, 0.05) is 30.4 Å². The van der Waals surface area contributed by atoms with Crippen molar-refractivity contribution in [2.75, 3.05) is 13.2 Å². The topological polar surface area (TPSA) is 64.3 Å². The van der Waals surface area contributed by atoms with E-state index >= 15 is 0 Å². The van der Waals surface area contributed by atoms with Crippen LogP contribution in [0.2, 0.25) is 0 Å². The molecule has 4 nitrogen and oxygen atoms in total. The van der Waals surface area contributed by atoms with Crippen LogP contribution in [-0.4, -0.2) is 30.7 Å². The molecule has 0 saturated heterocycles. The van der Waals surface area contributed by atoms with Gasteiger partial charge in [-0.05, 0) is 12.5 Å². The van der Waals surface area contributed by atoms with E-state index < -0.39 is 5.54 Å². The summed E-state index contributed by atoms with van der Waals surface area (Å²) in [7, 11) is 0. The molecule has 0 radical (unpaired) electrons. The Kier molecular flexibility index (Phi) is 4.88. The van der Waals surface area contributed by atoms with Crippen LogP contribution in [0.4, 0.5) is 0 Å². The fraction of sp³-hybridized carbons (Fsp3) is 0.632. The Balaban J connectivity index is 2.00. The maximum absolute atomic E-state index is 12.7. The number of ether oxygens (including phenoxy) is 1. The highest BCUT2D eigenvalue weighted by molar-refractivity contribution is 5.88. The summed E-state index contributed by atoms with van der Waals surface area (Å²) in [6, 6.07) is 10.2. The standard InChI is InChI=1S/C19H30N2O2/c1-6-23-15-12-19(20,18(15,4)5)16(22)21-13-17(2,3)14-10-8-7-9-11-14/h7-11,15H,6,12-13,20H2,1-5H3,(H,21,22). The molecule has 0 spiro atoms. The first-order valence-electron chi connectivity index (χ1n) is 8.39. The van der Waals surface area contributed by atoms with E-state index in [1.54, 1.807) is 0 Å². The average Bonchev–Trinajstić information content (AvgIpc) is 2.53. The minimum Gasteiger partial charge on any atom is -0.378 e. The summed E-state index contributed by atoms with van der Waals surface area (Å²) >= 11 is 0. The van der Waals surface area contributed by atoms with E-state index in [2.05, 4.69) is 31.3 Å². The Bertz CT molecular complexity index is 554. The number of benzene rings is 1. The molecule has 0 aliphatic heterocycles. The maximum Gasteiger partial charge on any atom is 0.240 e. The molecular weight excluding hydrogens is 288 g/mol. The van der Waals surface area contributed by atoms with Crippen molar-refractivity contribution >= 4 is 5.91 Å². The van der Waals surface area contributed by atoms with Gasteiger partial charge >= 0.3 is 0 Å². The van der Waals surface area contributed by atoms with E-state index in [0.29, 0.717) is 19.6 Å². The number of amides is 1. The van der Waals surface area contributed by atoms with Crippen LogP contribution >= 0.6 is 0 Å². The highest BCUT2D eigenvalue weighted by atomic mass is 16.5. The minimum absolute atomic E-state index is 0.0467. The molecule has 1 aliphatic rings. The third kappa shape index (κ3) is 3.15. The zero-order chi connectivity index (χ0) is 17.3.